The maximum absolute atomic E-state index is 14.5. The lowest BCUT2D eigenvalue weighted by Crippen LogP contribution is -2.52. The first-order chi connectivity index (χ1) is 29.8. The third-order valence-corrected chi connectivity index (χ3v) is 10.5. The molecule has 3 atom stereocenters. The smallest absolute Gasteiger partial charge is 0.281 e. The molecule has 63 heavy (non-hydrogen) atoms. The van der Waals surface area contributed by atoms with Gasteiger partial charge in [-0.2, -0.15) is 0 Å². The van der Waals surface area contributed by atoms with Crippen LogP contribution in [0.1, 0.15) is 92.7 Å². The Morgan fingerprint density at radius 3 is 2.19 bits per heavy atom. The zero-order valence-corrected chi connectivity index (χ0v) is 36.4. The number of nitrogen functional groups attached to an aromatic ring is 1. The van der Waals surface area contributed by atoms with Crippen LogP contribution >= 0.6 is 0 Å². The highest BCUT2D eigenvalue weighted by Gasteiger charge is 2.34. The summed E-state index contributed by atoms with van der Waals surface area (Å²) >= 11 is 0. The van der Waals surface area contributed by atoms with E-state index >= 15 is 0 Å². The van der Waals surface area contributed by atoms with Gasteiger partial charge in [0.25, 0.3) is 12.3 Å². The fourth-order valence-corrected chi connectivity index (χ4v) is 7.00. The number of fused-ring (bicyclic) bond motifs is 5. The normalized spacial score (nSPS) is 16.7. The number of rotatable bonds is 14. The summed E-state index contributed by atoms with van der Waals surface area (Å²) in [7, 11) is 1.29. The predicted octanol–water partition coefficient (Wildman–Crippen LogP) is 4.28. The summed E-state index contributed by atoms with van der Waals surface area (Å²) < 4.78 is 41.1. The van der Waals surface area contributed by atoms with E-state index < -0.39 is 71.8 Å². The Bertz CT molecular complexity index is 2300. The van der Waals surface area contributed by atoms with Crippen LogP contribution in [0, 0.1) is 0 Å². The number of ether oxygens (including phenoxy) is 2. The van der Waals surface area contributed by atoms with Gasteiger partial charge in [-0.15, -0.1) is 0 Å². The Balaban J connectivity index is 1.54. The number of nitrogens with two attached hydrogens (primary N) is 3. The monoisotopic (exact) mass is 873 g/mol. The van der Waals surface area contributed by atoms with Crippen LogP contribution in [0.4, 0.5) is 14.6 Å². The maximum Gasteiger partial charge on any atom is 0.281 e. The number of benzene rings is 3. The van der Waals surface area contributed by atoms with Gasteiger partial charge in [-0.05, 0) is 92.6 Å². The van der Waals surface area contributed by atoms with E-state index in [1.165, 1.54) is 26.1 Å². The first-order valence-electron chi connectivity index (χ1n) is 20.7. The largest absolute Gasteiger partial charge is 0.504 e. The molecule has 18 heteroatoms. The third-order valence-electron chi connectivity index (χ3n) is 10.5. The van der Waals surface area contributed by atoms with Crippen molar-refractivity contribution in [3.05, 3.63) is 82.5 Å². The van der Waals surface area contributed by atoms with Crippen molar-refractivity contribution in [3.63, 3.8) is 0 Å². The number of anilines is 1. The molecule has 1 aliphatic heterocycles. The average molecular weight is 874 g/mol. The lowest BCUT2D eigenvalue weighted by atomic mass is 9.86. The fraction of sp³-hybridized carbons (Fsp3) is 0.422. The van der Waals surface area contributed by atoms with Gasteiger partial charge >= 0.3 is 0 Å². The molecule has 0 saturated heterocycles. The molecule has 4 amide bonds. The van der Waals surface area contributed by atoms with E-state index in [1.807, 2.05) is 39.0 Å². The maximum atomic E-state index is 14.5. The molecule has 5 rings (SSSR count). The number of amides is 4. The second kappa shape index (κ2) is 20.6. The summed E-state index contributed by atoms with van der Waals surface area (Å²) in [5, 5.41) is 19.7. The Hall–Kier alpha value is -6.40. The Morgan fingerprint density at radius 2 is 1.57 bits per heavy atom. The standard InChI is InChI=1S/C45H57F2N9O7/c1-24-19-26-9-14-32(62-17-7-15-48)30(20-26)31-21-28(22-33(38(31)58)63-18-8-16-49)37(44(61)53-25(2)42(59)52-24)56(6)34(57)23-51-43(60)35-36(39(46)47)54-41(55-40(35)50)27-10-12-29(13-11-27)45(3,4)5/h9-14,20-22,24-25,37,39,58H,7-8,15-19,23,48-49H2,1-6H3,(H,51,60)(H,52,59)(H,53,61)(H2,50,54,55)/t24-,25+,37+/m1/s1. The van der Waals surface area contributed by atoms with Crippen molar-refractivity contribution in [2.75, 3.05) is 45.6 Å². The molecule has 0 spiro atoms. The summed E-state index contributed by atoms with van der Waals surface area (Å²) in [6.45, 7) is 9.57. The second-order valence-corrected chi connectivity index (χ2v) is 16.5. The number of likely N-dealkylation sites (N-methyl/N-ethyl adjacent to an activating group) is 1. The second-order valence-electron chi connectivity index (χ2n) is 16.5. The molecule has 2 heterocycles. The van der Waals surface area contributed by atoms with Crippen molar-refractivity contribution in [1.82, 2.24) is 30.8 Å². The van der Waals surface area contributed by atoms with E-state index in [9.17, 15) is 33.1 Å². The van der Waals surface area contributed by atoms with E-state index in [0.717, 1.165) is 16.0 Å². The number of phenols is 1. The van der Waals surface area contributed by atoms with Crippen molar-refractivity contribution in [2.45, 2.75) is 83.8 Å². The lowest BCUT2D eigenvalue weighted by molar-refractivity contribution is -0.139. The van der Waals surface area contributed by atoms with Gasteiger partial charge in [0.15, 0.2) is 17.3 Å². The summed E-state index contributed by atoms with van der Waals surface area (Å²) in [5.74, 6) is -3.87. The van der Waals surface area contributed by atoms with Crippen LogP contribution in [0.25, 0.3) is 22.5 Å². The average Bonchev–Trinajstić information content (AvgIpc) is 3.23. The minimum atomic E-state index is -3.24. The van der Waals surface area contributed by atoms with Crippen LogP contribution in [-0.4, -0.2) is 95.6 Å². The molecule has 0 aliphatic carbocycles. The molecule has 4 aromatic rings. The van der Waals surface area contributed by atoms with Gasteiger partial charge in [0.2, 0.25) is 17.7 Å². The minimum Gasteiger partial charge on any atom is -0.504 e. The van der Waals surface area contributed by atoms with Gasteiger partial charge in [0.1, 0.15) is 34.9 Å². The number of aromatic nitrogens is 2. The number of hydrogen-bond donors (Lipinski definition) is 7. The Morgan fingerprint density at radius 1 is 0.921 bits per heavy atom. The van der Waals surface area contributed by atoms with Gasteiger partial charge in [0, 0.05) is 29.8 Å². The fourth-order valence-electron chi connectivity index (χ4n) is 7.00. The number of carbonyl (C=O) groups excluding carboxylic acids is 4. The zero-order valence-electron chi connectivity index (χ0n) is 36.4. The van der Waals surface area contributed by atoms with Crippen LogP contribution < -0.4 is 42.6 Å². The first-order valence-corrected chi connectivity index (χ1v) is 20.7. The van der Waals surface area contributed by atoms with Gasteiger partial charge in [-0.25, -0.2) is 18.7 Å². The first kappa shape index (κ1) is 47.6. The lowest BCUT2D eigenvalue weighted by Gasteiger charge is -2.30. The van der Waals surface area contributed by atoms with Gasteiger partial charge in [0.05, 0.1) is 19.8 Å². The molecule has 1 aliphatic rings. The van der Waals surface area contributed by atoms with Crippen molar-refractivity contribution in [3.8, 4) is 39.8 Å². The quantitative estimate of drug-likeness (QED) is 0.0878. The Labute approximate surface area is 365 Å². The van der Waals surface area contributed by atoms with Crippen LogP contribution in [0.5, 0.6) is 17.2 Å². The molecule has 3 aromatic carbocycles. The molecule has 0 saturated carbocycles. The molecular weight excluding hydrogens is 817 g/mol. The van der Waals surface area contributed by atoms with Crippen LogP contribution in [0.2, 0.25) is 0 Å². The van der Waals surface area contributed by atoms with E-state index in [-0.39, 0.29) is 53.6 Å². The molecule has 1 aromatic heterocycles. The number of phenolic OH excluding ortho intramolecular Hbond substituents is 1. The molecule has 0 unspecified atom stereocenters. The summed E-state index contributed by atoms with van der Waals surface area (Å²) in [5.41, 5.74) is 18.7. The van der Waals surface area contributed by atoms with Gasteiger partial charge in [-0.1, -0.05) is 51.1 Å². The van der Waals surface area contributed by atoms with Crippen LogP contribution in [0.3, 0.4) is 0 Å². The predicted molar refractivity (Wildman–Crippen MR) is 234 cm³/mol. The van der Waals surface area contributed by atoms with E-state index in [0.29, 0.717) is 42.7 Å². The number of carbonyl (C=O) groups is 4. The van der Waals surface area contributed by atoms with Gasteiger partial charge < -0.3 is 52.6 Å². The summed E-state index contributed by atoms with van der Waals surface area (Å²) in [6.07, 6.45) is -1.89. The molecule has 10 N–H and O–H groups in total. The highest BCUT2D eigenvalue weighted by atomic mass is 19.3. The molecule has 0 radical (unpaired) electrons. The third kappa shape index (κ3) is 11.6. The summed E-state index contributed by atoms with van der Waals surface area (Å²) in [4.78, 5) is 64.5. The topological polar surface area (TPSA) is 250 Å². The number of halogens is 2. The number of nitrogens with zero attached hydrogens (tertiary/aromatic N) is 3. The van der Waals surface area contributed by atoms with E-state index in [4.69, 9.17) is 26.7 Å². The van der Waals surface area contributed by atoms with Crippen molar-refractivity contribution in [1.29, 1.82) is 0 Å². The SMILES string of the molecule is C[C@@H]1Cc2ccc(OCCCN)c(c2)-c2cc(cc(OCCCN)c2O)[C@H](N(C)C(=O)CNC(=O)c2c(N)nc(-c3ccc(C(C)(C)C)cc3)nc2C(F)F)C(=O)N[C@@H](C)C(=O)N1. The number of alkyl halides is 2. The number of aromatic hydroxyl groups is 1. The molecule has 16 nitrogen and oxygen atoms in total. The van der Waals surface area contributed by atoms with Crippen molar-refractivity contribution < 1.29 is 42.5 Å². The molecule has 0 fully saturated rings. The Kier molecular flexibility index (Phi) is 15.6. The minimum absolute atomic E-state index is 0.0314. The van der Waals surface area contributed by atoms with Crippen molar-refractivity contribution in [2.24, 2.45) is 11.5 Å². The van der Waals surface area contributed by atoms with Crippen LogP contribution in [0.15, 0.2) is 54.6 Å². The van der Waals surface area contributed by atoms with Gasteiger partial charge in [-0.3, -0.25) is 19.2 Å². The molecular formula is C45H57F2N9O7. The van der Waals surface area contributed by atoms with E-state index in [2.05, 4.69) is 25.9 Å². The van der Waals surface area contributed by atoms with Crippen LogP contribution in [-0.2, 0) is 26.2 Å². The molecule has 338 valence electrons. The zero-order chi connectivity index (χ0) is 46.2. The van der Waals surface area contributed by atoms with Crippen molar-refractivity contribution >= 4 is 29.4 Å². The highest BCUT2D eigenvalue weighted by Crippen LogP contribution is 2.45. The van der Waals surface area contributed by atoms with E-state index in [1.54, 1.807) is 31.2 Å². The number of hydrogen-bond acceptors (Lipinski definition) is 12. The highest BCUT2D eigenvalue weighted by molar-refractivity contribution is 6.02. The summed E-state index contributed by atoms with van der Waals surface area (Å²) in [6, 6.07) is 12.3. The number of nitrogens with one attached hydrogen (secondary N) is 3. The molecule has 4 bridgehead atoms.